The first kappa shape index (κ1) is 14.8. The molecule has 0 radical (unpaired) electrons. The van der Waals surface area contributed by atoms with Gasteiger partial charge < -0.3 is 5.73 Å². The highest BCUT2D eigenvalue weighted by molar-refractivity contribution is 7.10. The zero-order valence-corrected chi connectivity index (χ0v) is 13.7. The predicted molar refractivity (Wildman–Crippen MR) is 92.0 cm³/mol. The first-order valence-corrected chi connectivity index (χ1v) is 9.09. The molecule has 2 heteroatoms. The molecule has 0 aliphatic heterocycles. The van der Waals surface area contributed by atoms with E-state index in [2.05, 4.69) is 42.6 Å². The van der Waals surface area contributed by atoms with Gasteiger partial charge in [0.2, 0.25) is 0 Å². The van der Waals surface area contributed by atoms with E-state index in [9.17, 15) is 0 Å². The average molecular weight is 299 g/mol. The maximum absolute atomic E-state index is 6.48. The summed E-state index contributed by atoms with van der Waals surface area (Å²) in [6, 6.07) is 11.3. The topological polar surface area (TPSA) is 26.0 Å². The second-order valence-corrected chi connectivity index (χ2v) is 7.09. The number of nitrogens with two attached hydrogens (primary N) is 1. The third-order valence-corrected chi connectivity index (χ3v) is 5.86. The molecule has 21 heavy (non-hydrogen) atoms. The smallest absolute Gasteiger partial charge is 0.0648 e. The first-order valence-electron chi connectivity index (χ1n) is 8.21. The second kappa shape index (κ2) is 6.76. The van der Waals surface area contributed by atoms with Gasteiger partial charge >= 0.3 is 0 Å². The van der Waals surface area contributed by atoms with Gasteiger partial charge in [0, 0.05) is 4.88 Å². The van der Waals surface area contributed by atoms with E-state index in [0.29, 0.717) is 0 Å². The van der Waals surface area contributed by atoms with E-state index in [1.54, 1.807) is 11.3 Å². The van der Waals surface area contributed by atoms with Gasteiger partial charge in [-0.25, -0.2) is 0 Å². The van der Waals surface area contributed by atoms with Gasteiger partial charge in [0.05, 0.1) is 6.04 Å². The summed E-state index contributed by atoms with van der Waals surface area (Å²) in [6.45, 7) is 2.20. The van der Waals surface area contributed by atoms with Gasteiger partial charge in [0.15, 0.2) is 0 Å². The van der Waals surface area contributed by atoms with Crippen molar-refractivity contribution >= 4 is 11.3 Å². The molecule has 0 bridgehead atoms. The summed E-state index contributed by atoms with van der Waals surface area (Å²) in [5.41, 5.74) is 10.6. The van der Waals surface area contributed by atoms with Crippen LogP contribution in [0.4, 0.5) is 0 Å². The lowest BCUT2D eigenvalue weighted by atomic mass is 9.83. The molecule has 0 saturated heterocycles. The van der Waals surface area contributed by atoms with Crippen LogP contribution >= 0.6 is 11.3 Å². The summed E-state index contributed by atoms with van der Waals surface area (Å²) in [5, 5.41) is 2.16. The molecule has 1 saturated carbocycles. The molecule has 1 unspecified atom stereocenters. The SMILES string of the molecule is CCc1ccsc1C(N)c1ccc(C2CCCCC2)cc1. The molecule has 1 aromatic carbocycles. The van der Waals surface area contributed by atoms with Crippen LogP contribution in [-0.4, -0.2) is 0 Å². The highest BCUT2D eigenvalue weighted by atomic mass is 32.1. The number of benzene rings is 1. The molecule has 2 aromatic rings. The van der Waals surface area contributed by atoms with Crippen molar-refractivity contribution < 1.29 is 0 Å². The van der Waals surface area contributed by atoms with Crippen LogP contribution in [0.3, 0.4) is 0 Å². The van der Waals surface area contributed by atoms with E-state index in [1.807, 2.05) is 0 Å². The molecule has 3 rings (SSSR count). The Labute approximate surface area is 132 Å². The van der Waals surface area contributed by atoms with E-state index in [4.69, 9.17) is 5.73 Å². The van der Waals surface area contributed by atoms with Crippen LogP contribution in [0.1, 0.15) is 72.6 Å². The van der Waals surface area contributed by atoms with Crippen LogP contribution in [0.5, 0.6) is 0 Å². The zero-order valence-electron chi connectivity index (χ0n) is 12.8. The van der Waals surface area contributed by atoms with Crippen LogP contribution in [0.25, 0.3) is 0 Å². The normalized spacial score (nSPS) is 17.8. The maximum Gasteiger partial charge on any atom is 0.0648 e. The molecule has 1 fully saturated rings. The molecule has 1 nitrogen and oxygen atoms in total. The Balaban J connectivity index is 1.77. The quantitative estimate of drug-likeness (QED) is 0.803. The number of thiophene rings is 1. The maximum atomic E-state index is 6.48. The number of rotatable bonds is 4. The summed E-state index contributed by atoms with van der Waals surface area (Å²) in [7, 11) is 0. The van der Waals surface area contributed by atoms with Crippen molar-refractivity contribution in [2.24, 2.45) is 5.73 Å². The molecule has 0 amide bonds. The minimum Gasteiger partial charge on any atom is -0.320 e. The van der Waals surface area contributed by atoms with E-state index < -0.39 is 0 Å². The third-order valence-electron chi connectivity index (χ3n) is 4.82. The van der Waals surface area contributed by atoms with Crippen LogP contribution in [0, 0.1) is 0 Å². The number of hydrogen-bond acceptors (Lipinski definition) is 2. The fourth-order valence-electron chi connectivity index (χ4n) is 3.48. The van der Waals surface area contributed by atoms with Gasteiger partial charge in [0.25, 0.3) is 0 Å². The summed E-state index contributed by atoms with van der Waals surface area (Å²) >= 11 is 1.78. The Morgan fingerprint density at radius 2 is 1.81 bits per heavy atom. The van der Waals surface area contributed by atoms with Crippen molar-refractivity contribution in [3.05, 3.63) is 57.3 Å². The molecule has 1 atom stereocenters. The van der Waals surface area contributed by atoms with E-state index in [-0.39, 0.29) is 6.04 Å². The molecule has 1 aliphatic rings. The lowest BCUT2D eigenvalue weighted by Crippen LogP contribution is -2.12. The van der Waals surface area contributed by atoms with Gasteiger partial charge in [0.1, 0.15) is 0 Å². The van der Waals surface area contributed by atoms with Gasteiger partial charge in [-0.1, -0.05) is 50.5 Å². The molecular weight excluding hydrogens is 274 g/mol. The largest absolute Gasteiger partial charge is 0.320 e. The molecular formula is C19H25NS. The highest BCUT2D eigenvalue weighted by Gasteiger charge is 2.17. The van der Waals surface area contributed by atoms with E-state index in [1.165, 1.54) is 53.7 Å². The summed E-state index contributed by atoms with van der Waals surface area (Å²) in [4.78, 5) is 1.32. The van der Waals surface area contributed by atoms with Crippen LogP contribution in [-0.2, 0) is 6.42 Å². The Kier molecular flexibility index (Phi) is 4.77. The van der Waals surface area contributed by atoms with E-state index in [0.717, 1.165) is 12.3 Å². The summed E-state index contributed by atoms with van der Waals surface area (Å²) in [6.07, 6.45) is 7.97. The van der Waals surface area contributed by atoms with Crippen molar-refractivity contribution in [1.82, 2.24) is 0 Å². The van der Waals surface area contributed by atoms with Gasteiger partial charge in [-0.05, 0) is 53.3 Å². The van der Waals surface area contributed by atoms with Crippen molar-refractivity contribution in [3.8, 4) is 0 Å². The first-order chi connectivity index (χ1) is 10.3. The van der Waals surface area contributed by atoms with Crippen LogP contribution < -0.4 is 5.73 Å². The van der Waals surface area contributed by atoms with Gasteiger partial charge in [-0.3, -0.25) is 0 Å². The minimum atomic E-state index is 0.0281. The molecule has 1 heterocycles. The Hall–Kier alpha value is -1.12. The van der Waals surface area contributed by atoms with Gasteiger partial charge in [-0.2, -0.15) is 0 Å². The van der Waals surface area contributed by atoms with Crippen molar-refractivity contribution in [1.29, 1.82) is 0 Å². The standard InChI is InChI=1S/C19H25NS/c1-2-14-12-13-21-19(14)18(20)17-10-8-16(9-11-17)15-6-4-3-5-7-15/h8-13,15,18H,2-7,20H2,1H3. The lowest BCUT2D eigenvalue weighted by molar-refractivity contribution is 0.443. The predicted octanol–water partition coefficient (Wildman–Crippen LogP) is 5.41. The molecule has 0 spiro atoms. The number of aryl methyl sites for hydroxylation is 1. The summed E-state index contributed by atoms with van der Waals surface area (Å²) < 4.78 is 0. The highest BCUT2D eigenvalue weighted by Crippen LogP contribution is 2.34. The molecule has 112 valence electrons. The molecule has 1 aliphatic carbocycles. The zero-order chi connectivity index (χ0) is 14.7. The van der Waals surface area contributed by atoms with Crippen LogP contribution in [0.2, 0.25) is 0 Å². The Bertz CT molecular complexity index is 564. The monoisotopic (exact) mass is 299 g/mol. The molecule has 1 aromatic heterocycles. The Morgan fingerprint density at radius 1 is 1.10 bits per heavy atom. The summed E-state index contributed by atoms with van der Waals surface area (Å²) in [5.74, 6) is 0.775. The van der Waals surface area contributed by atoms with Gasteiger partial charge in [-0.15, -0.1) is 11.3 Å². The van der Waals surface area contributed by atoms with E-state index >= 15 is 0 Å². The second-order valence-electron chi connectivity index (χ2n) is 6.14. The van der Waals surface area contributed by atoms with Crippen molar-refractivity contribution in [2.45, 2.75) is 57.4 Å². The average Bonchev–Trinajstić information content (AvgIpc) is 3.04. The fraction of sp³-hybridized carbons (Fsp3) is 0.474. The number of hydrogen-bond donors (Lipinski definition) is 1. The van der Waals surface area contributed by atoms with Crippen molar-refractivity contribution in [2.75, 3.05) is 0 Å². The minimum absolute atomic E-state index is 0.0281. The van der Waals surface area contributed by atoms with Crippen molar-refractivity contribution in [3.63, 3.8) is 0 Å². The Morgan fingerprint density at radius 3 is 2.48 bits per heavy atom. The molecule has 2 N–H and O–H groups in total. The lowest BCUT2D eigenvalue weighted by Gasteiger charge is -2.22. The fourth-order valence-corrected chi connectivity index (χ4v) is 4.50. The van der Waals surface area contributed by atoms with Crippen LogP contribution in [0.15, 0.2) is 35.7 Å². The third kappa shape index (κ3) is 3.22.